The molecule has 1 aliphatic rings. The maximum atomic E-state index is 13.3. The number of nitrogens with two attached hydrogens (primary N) is 1. The van der Waals surface area contributed by atoms with Crippen molar-refractivity contribution in [2.45, 2.75) is 19.0 Å². The number of aromatic nitrogens is 1. The van der Waals surface area contributed by atoms with Gasteiger partial charge in [0.2, 0.25) is 0 Å². The van der Waals surface area contributed by atoms with Crippen LogP contribution in [0.1, 0.15) is 34.5 Å². The van der Waals surface area contributed by atoms with Gasteiger partial charge in [-0.2, -0.15) is 13.2 Å². The topological polar surface area (TPSA) is 85.2 Å². The minimum Gasteiger partial charge on any atom is -0.381 e. The van der Waals surface area contributed by atoms with Gasteiger partial charge in [0.15, 0.2) is 0 Å². The van der Waals surface area contributed by atoms with Crippen LogP contribution in [0.2, 0.25) is 0 Å². The lowest BCUT2D eigenvalue weighted by atomic mass is 9.98. The van der Waals surface area contributed by atoms with Crippen LogP contribution in [0, 0.1) is 0 Å². The van der Waals surface area contributed by atoms with E-state index in [1.165, 1.54) is 17.7 Å². The summed E-state index contributed by atoms with van der Waals surface area (Å²) in [5, 5.41) is 0. The van der Waals surface area contributed by atoms with Crippen molar-refractivity contribution in [2.75, 3.05) is 13.2 Å². The molecule has 1 aliphatic heterocycles. The number of benzene rings is 1. The van der Waals surface area contributed by atoms with E-state index in [0.29, 0.717) is 13.2 Å². The van der Waals surface area contributed by atoms with Gasteiger partial charge in [-0.25, -0.2) is 0 Å². The van der Waals surface area contributed by atoms with Gasteiger partial charge in [0, 0.05) is 5.56 Å². The van der Waals surface area contributed by atoms with Crippen LogP contribution in [0.4, 0.5) is 13.2 Å². The summed E-state index contributed by atoms with van der Waals surface area (Å²) >= 11 is 0. The van der Waals surface area contributed by atoms with Crippen molar-refractivity contribution in [3.63, 3.8) is 0 Å². The first-order valence-corrected chi connectivity index (χ1v) is 8.27. The second-order valence-corrected chi connectivity index (χ2v) is 6.20. The number of carbonyl (C=O) groups is 1. The van der Waals surface area contributed by atoms with Crippen LogP contribution in [-0.4, -0.2) is 24.1 Å². The molecule has 3 N–H and O–H groups in total. The minimum atomic E-state index is -4.78. The van der Waals surface area contributed by atoms with Gasteiger partial charge in [0.1, 0.15) is 11.3 Å². The summed E-state index contributed by atoms with van der Waals surface area (Å²) in [7, 11) is 0. The number of amides is 1. The van der Waals surface area contributed by atoms with Crippen LogP contribution < -0.4 is 11.3 Å². The number of H-pyrrole nitrogens is 1. The van der Waals surface area contributed by atoms with E-state index >= 15 is 0 Å². The van der Waals surface area contributed by atoms with E-state index in [9.17, 15) is 22.8 Å². The van der Waals surface area contributed by atoms with Gasteiger partial charge in [-0.1, -0.05) is 35.9 Å². The van der Waals surface area contributed by atoms with Gasteiger partial charge in [-0.15, -0.1) is 0 Å². The van der Waals surface area contributed by atoms with E-state index in [4.69, 9.17) is 10.5 Å². The van der Waals surface area contributed by atoms with Crippen LogP contribution in [0.25, 0.3) is 17.2 Å². The molecule has 0 unspecified atom stereocenters. The molecule has 0 spiro atoms. The molecule has 27 heavy (non-hydrogen) atoms. The number of aromatic amines is 1. The van der Waals surface area contributed by atoms with Gasteiger partial charge in [-0.05, 0) is 30.0 Å². The fourth-order valence-corrected chi connectivity index (χ4v) is 2.94. The van der Waals surface area contributed by atoms with Gasteiger partial charge in [-0.3, -0.25) is 9.59 Å². The summed E-state index contributed by atoms with van der Waals surface area (Å²) in [4.78, 5) is 24.8. The number of nitrogens with one attached hydrogen (secondary N) is 1. The molecular weight excluding hydrogens is 361 g/mol. The lowest BCUT2D eigenvalue weighted by molar-refractivity contribution is -0.140. The second kappa shape index (κ2) is 7.40. The number of carbonyl (C=O) groups excluding carboxylic acids is 1. The highest BCUT2D eigenvalue weighted by Gasteiger charge is 2.36. The number of primary amides is 1. The molecule has 1 aromatic heterocycles. The lowest BCUT2D eigenvalue weighted by Gasteiger charge is -2.15. The molecule has 0 atom stereocenters. The maximum Gasteiger partial charge on any atom is 0.431 e. The normalized spacial score (nSPS) is 14.9. The first-order valence-electron chi connectivity index (χ1n) is 8.27. The zero-order valence-electron chi connectivity index (χ0n) is 14.2. The number of ether oxygens (including phenoxy) is 1. The third kappa shape index (κ3) is 4.28. The van der Waals surface area contributed by atoms with Crippen LogP contribution in [0.15, 0.2) is 40.7 Å². The third-order valence-corrected chi connectivity index (χ3v) is 4.32. The van der Waals surface area contributed by atoms with Crippen molar-refractivity contribution >= 4 is 12.0 Å². The maximum absolute atomic E-state index is 13.3. The van der Waals surface area contributed by atoms with Gasteiger partial charge in [0.25, 0.3) is 11.5 Å². The molecule has 142 valence electrons. The van der Waals surface area contributed by atoms with E-state index < -0.39 is 28.9 Å². The molecule has 0 saturated carbocycles. The largest absolute Gasteiger partial charge is 0.431 e. The average molecular weight is 378 g/mol. The predicted octanol–water partition coefficient (Wildman–Crippen LogP) is 3.35. The molecule has 2 heterocycles. The van der Waals surface area contributed by atoms with Gasteiger partial charge in [0.05, 0.1) is 13.2 Å². The van der Waals surface area contributed by atoms with Crippen LogP contribution in [0.5, 0.6) is 0 Å². The Bertz CT molecular complexity index is 936. The molecule has 5 nitrogen and oxygen atoms in total. The lowest BCUT2D eigenvalue weighted by Crippen LogP contribution is -2.27. The Morgan fingerprint density at radius 1 is 1.15 bits per heavy atom. The second-order valence-electron chi connectivity index (χ2n) is 6.20. The quantitative estimate of drug-likeness (QED) is 0.859. The highest BCUT2D eigenvalue weighted by molar-refractivity contribution is 5.94. The minimum absolute atomic E-state index is 0.218. The zero-order valence-corrected chi connectivity index (χ0v) is 14.2. The molecule has 1 saturated heterocycles. The van der Waals surface area contributed by atoms with Crippen LogP contribution in [-0.2, 0) is 10.9 Å². The number of alkyl halides is 3. The molecule has 3 rings (SSSR count). The number of hydrogen-bond acceptors (Lipinski definition) is 3. The highest BCUT2D eigenvalue weighted by Crippen LogP contribution is 2.35. The van der Waals surface area contributed by atoms with E-state index in [-0.39, 0.29) is 11.1 Å². The standard InChI is InChI=1S/C19H17F3N2O3/c20-19(21,22)16-14(10-15(17(23)25)18(26)24-16)13-3-1-11(2-4-13)9-12-5-7-27-8-6-12/h1-4,9-10H,5-8H2,(H2,23,25)(H,24,26). The molecule has 1 amide bonds. The van der Waals surface area contributed by atoms with Crippen molar-refractivity contribution in [3.05, 3.63) is 63.1 Å². The first kappa shape index (κ1) is 18.9. The summed E-state index contributed by atoms with van der Waals surface area (Å²) in [6, 6.07) is 7.29. The number of rotatable bonds is 3. The predicted molar refractivity (Wildman–Crippen MR) is 94.0 cm³/mol. The molecule has 1 aromatic carbocycles. The summed E-state index contributed by atoms with van der Waals surface area (Å²) in [6.07, 6.45) is -1.16. The Kier molecular flexibility index (Phi) is 5.18. The molecule has 0 bridgehead atoms. The molecule has 2 aromatic rings. The molecular formula is C19H17F3N2O3. The average Bonchev–Trinajstić information content (AvgIpc) is 2.62. The van der Waals surface area contributed by atoms with Crippen LogP contribution in [0.3, 0.4) is 0 Å². The van der Waals surface area contributed by atoms with E-state index in [1.807, 2.05) is 6.08 Å². The fraction of sp³-hybridized carbons (Fsp3) is 0.263. The molecule has 0 radical (unpaired) electrons. The number of pyridine rings is 1. The molecule has 8 heteroatoms. The van der Waals surface area contributed by atoms with Crippen molar-refractivity contribution in [1.82, 2.24) is 4.98 Å². The summed E-state index contributed by atoms with van der Waals surface area (Å²) in [5.41, 5.74) is 4.16. The fourth-order valence-electron chi connectivity index (χ4n) is 2.94. The Labute approximate surface area is 152 Å². The zero-order chi connectivity index (χ0) is 19.6. The number of halogens is 3. The summed E-state index contributed by atoms with van der Waals surface area (Å²) < 4.78 is 45.3. The Morgan fingerprint density at radius 2 is 1.78 bits per heavy atom. The smallest absolute Gasteiger partial charge is 0.381 e. The number of hydrogen-bond donors (Lipinski definition) is 2. The first-order chi connectivity index (χ1) is 12.8. The van der Waals surface area contributed by atoms with E-state index in [0.717, 1.165) is 24.5 Å². The van der Waals surface area contributed by atoms with E-state index in [1.54, 1.807) is 17.1 Å². The summed E-state index contributed by atoms with van der Waals surface area (Å²) in [5.74, 6) is -1.09. The van der Waals surface area contributed by atoms with Crippen molar-refractivity contribution in [1.29, 1.82) is 0 Å². The highest BCUT2D eigenvalue weighted by atomic mass is 19.4. The summed E-state index contributed by atoms with van der Waals surface area (Å²) in [6.45, 7) is 1.32. The van der Waals surface area contributed by atoms with E-state index in [2.05, 4.69) is 0 Å². The monoisotopic (exact) mass is 378 g/mol. The third-order valence-electron chi connectivity index (χ3n) is 4.32. The van der Waals surface area contributed by atoms with Crippen molar-refractivity contribution in [3.8, 4) is 11.1 Å². The molecule has 0 aliphatic carbocycles. The Hall–Kier alpha value is -2.87. The Morgan fingerprint density at radius 3 is 2.33 bits per heavy atom. The van der Waals surface area contributed by atoms with Crippen molar-refractivity contribution in [2.24, 2.45) is 5.73 Å². The Balaban J connectivity index is 2.03. The van der Waals surface area contributed by atoms with Gasteiger partial charge >= 0.3 is 6.18 Å². The molecule has 1 fully saturated rings. The van der Waals surface area contributed by atoms with Gasteiger partial charge < -0.3 is 15.5 Å². The van der Waals surface area contributed by atoms with Crippen molar-refractivity contribution < 1.29 is 22.7 Å². The SMILES string of the molecule is NC(=O)c1cc(-c2ccc(C=C3CCOCC3)cc2)c(C(F)(F)F)[nH]c1=O. The van der Waals surface area contributed by atoms with Crippen LogP contribution >= 0.6 is 0 Å².